The predicted molar refractivity (Wildman–Crippen MR) is 97.7 cm³/mol. The average molecular weight is 368 g/mol. The topological polar surface area (TPSA) is 82.2 Å². The lowest BCUT2D eigenvalue weighted by atomic mass is 9.91. The van der Waals surface area contributed by atoms with E-state index in [1.54, 1.807) is 9.80 Å². The van der Waals surface area contributed by atoms with Crippen molar-refractivity contribution in [2.45, 2.75) is 51.2 Å². The first kappa shape index (κ1) is 20.5. The molecule has 0 aromatic carbocycles. The van der Waals surface area contributed by atoms with Gasteiger partial charge in [-0.1, -0.05) is 13.3 Å². The molecule has 0 saturated carbocycles. The molecule has 2 aliphatic rings. The lowest BCUT2D eigenvalue weighted by molar-refractivity contribution is -0.139. The summed E-state index contributed by atoms with van der Waals surface area (Å²) in [6.45, 7) is 6.56. The van der Waals surface area contributed by atoms with Crippen molar-refractivity contribution in [2.75, 3.05) is 46.8 Å². The number of piperidine rings is 1. The molecule has 1 atom stereocenters. The van der Waals surface area contributed by atoms with Gasteiger partial charge in [-0.2, -0.15) is 0 Å². The van der Waals surface area contributed by atoms with Crippen LogP contribution in [0.3, 0.4) is 0 Å². The first-order valence-electron chi connectivity index (χ1n) is 9.45. The number of amides is 3. The van der Waals surface area contributed by atoms with Gasteiger partial charge in [0.15, 0.2) is 0 Å². The van der Waals surface area contributed by atoms with E-state index in [9.17, 15) is 14.4 Å². The number of nitrogens with zero attached hydrogens (tertiary/aromatic N) is 3. The predicted octanol–water partition coefficient (Wildman–Crippen LogP) is 0.666. The molecule has 2 saturated heterocycles. The number of carbonyl (C=O) groups excluding carboxylic acids is 3. The zero-order chi connectivity index (χ0) is 19.3. The third-order valence-electron chi connectivity index (χ3n) is 5.10. The maximum absolute atomic E-state index is 12.7. The van der Waals surface area contributed by atoms with Gasteiger partial charge in [0, 0.05) is 45.9 Å². The fraction of sp³-hybridized carbons (Fsp3) is 0.833. The highest BCUT2D eigenvalue weighted by Crippen LogP contribution is 2.33. The monoisotopic (exact) mass is 368 g/mol. The Labute approximate surface area is 155 Å². The van der Waals surface area contributed by atoms with Crippen molar-refractivity contribution >= 4 is 17.9 Å². The summed E-state index contributed by atoms with van der Waals surface area (Å²) in [6, 6.07) is -0.464. The van der Waals surface area contributed by atoms with E-state index in [0.29, 0.717) is 45.4 Å². The van der Waals surface area contributed by atoms with Crippen molar-refractivity contribution < 1.29 is 19.1 Å². The Bertz CT molecular complexity index is 529. The number of hydrogen-bond donors (Lipinski definition) is 1. The number of likely N-dealkylation sites (N-methyl/N-ethyl adjacent to an activating group) is 1. The highest BCUT2D eigenvalue weighted by molar-refractivity contribution is 5.87. The summed E-state index contributed by atoms with van der Waals surface area (Å²) in [7, 11) is 3.95. The molecule has 0 aromatic rings. The maximum atomic E-state index is 12.7. The maximum Gasteiger partial charge on any atom is 0.410 e. The quantitative estimate of drug-likeness (QED) is 0.714. The van der Waals surface area contributed by atoms with Crippen LogP contribution in [0.1, 0.15) is 39.5 Å². The molecule has 1 N–H and O–H groups in total. The Morgan fingerprint density at radius 1 is 1.31 bits per heavy atom. The Morgan fingerprint density at radius 3 is 2.50 bits per heavy atom. The molecule has 2 rings (SSSR count). The second-order valence-corrected chi connectivity index (χ2v) is 7.64. The Balaban J connectivity index is 1.90. The van der Waals surface area contributed by atoms with Crippen molar-refractivity contribution in [1.29, 1.82) is 0 Å². The van der Waals surface area contributed by atoms with E-state index < -0.39 is 11.6 Å². The van der Waals surface area contributed by atoms with Crippen LogP contribution in [0.4, 0.5) is 4.79 Å². The smallest absolute Gasteiger partial charge is 0.410 e. The van der Waals surface area contributed by atoms with Crippen LogP contribution in [0.5, 0.6) is 0 Å². The van der Waals surface area contributed by atoms with Crippen molar-refractivity contribution in [2.24, 2.45) is 0 Å². The lowest BCUT2D eigenvalue weighted by Gasteiger charge is -2.38. The van der Waals surface area contributed by atoms with E-state index in [0.717, 1.165) is 13.0 Å². The van der Waals surface area contributed by atoms with Gasteiger partial charge in [-0.05, 0) is 20.5 Å². The van der Waals surface area contributed by atoms with E-state index in [-0.39, 0.29) is 17.9 Å². The van der Waals surface area contributed by atoms with E-state index >= 15 is 0 Å². The molecular weight excluding hydrogens is 336 g/mol. The molecule has 8 nitrogen and oxygen atoms in total. The van der Waals surface area contributed by atoms with Gasteiger partial charge in [0.2, 0.25) is 11.8 Å². The minimum absolute atomic E-state index is 0.0364. The largest absolute Gasteiger partial charge is 0.441 e. The van der Waals surface area contributed by atoms with Crippen molar-refractivity contribution in [3.8, 4) is 0 Å². The van der Waals surface area contributed by atoms with E-state index in [1.165, 1.54) is 6.92 Å². The third kappa shape index (κ3) is 5.09. The number of nitrogens with one attached hydrogen (secondary N) is 1. The highest BCUT2D eigenvalue weighted by Gasteiger charge is 2.47. The highest BCUT2D eigenvalue weighted by atomic mass is 16.6. The van der Waals surface area contributed by atoms with Gasteiger partial charge in [-0.15, -0.1) is 0 Å². The first-order chi connectivity index (χ1) is 12.3. The van der Waals surface area contributed by atoms with Crippen molar-refractivity contribution in [1.82, 2.24) is 20.0 Å². The number of rotatable bonds is 7. The zero-order valence-corrected chi connectivity index (χ0v) is 16.4. The van der Waals surface area contributed by atoms with Crippen LogP contribution in [0.25, 0.3) is 0 Å². The van der Waals surface area contributed by atoms with Gasteiger partial charge in [-0.3, -0.25) is 9.59 Å². The van der Waals surface area contributed by atoms with Crippen LogP contribution in [-0.2, 0) is 14.3 Å². The van der Waals surface area contributed by atoms with Crippen LogP contribution in [0.15, 0.2) is 0 Å². The molecule has 0 aromatic heterocycles. The molecule has 26 heavy (non-hydrogen) atoms. The molecule has 8 heteroatoms. The molecule has 0 bridgehead atoms. The normalized spacial score (nSPS) is 20.4. The minimum atomic E-state index is -0.478. The standard InChI is InChI=1S/C18H32N4O4/c1-5-6-15(19-14(2)23)16(24)21-9-7-18(8-10-21)13-22(17(25)26-18)12-11-20(3)4/h15H,5-13H2,1-4H3,(H,19,23). The molecule has 148 valence electrons. The summed E-state index contributed by atoms with van der Waals surface area (Å²) < 4.78 is 5.70. The Hall–Kier alpha value is -1.83. The number of ether oxygens (including phenoxy) is 1. The van der Waals surface area contributed by atoms with Crippen LogP contribution in [-0.4, -0.2) is 91.1 Å². The van der Waals surface area contributed by atoms with Crippen LogP contribution in [0, 0.1) is 0 Å². The van der Waals surface area contributed by atoms with Crippen molar-refractivity contribution in [3.63, 3.8) is 0 Å². The summed E-state index contributed by atoms with van der Waals surface area (Å²) in [5, 5.41) is 2.75. The number of hydrogen-bond acceptors (Lipinski definition) is 5. The van der Waals surface area contributed by atoms with E-state index in [2.05, 4.69) is 5.32 Å². The molecule has 0 aliphatic carbocycles. The molecule has 1 spiro atoms. The molecule has 3 amide bonds. The van der Waals surface area contributed by atoms with Crippen LogP contribution in [0.2, 0.25) is 0 Å². The SMILES string of the molecule is CCCC(NC(C)=O)C(=O)N1CCC2(CC1)CN(CCN(C)C)C(=O)O2. The molecule has 2 aliphatic heterocycles. The van der Waals surface area contributed by atoms with Gasteiger partial charge in [0.1, 0.15) is 11.6 Å². The second-order valence-electron chi connectivity index (χ2n) is 7.64. The fourth-order valence-corrected chi connectivity index (χ4v) is 3.59. The lowest BCUT2D eigenvalue weighted by Crippen LogP contribution is -2.54. The van der Waals surface area contributed by atoms with Gasteiger partial charge in [0.05, 0.1) is 6.54 Å². The zero-order valence-electron chi connectivity index (χ0n) is 16.4. The number of likely N-dealkylation sites (tertiary alicyclic amines) is 1. The minimum Gasteiger partial charge on any atom is -0.441 e. The van der Waals surface area contributed by atoms with Gasteiger partial charge < -0.3 is 24.8 Å². The van der Waals surface area contributed by atoms with E-state index in [4.69, 9.17) is 4.74 Å². The fourth-order valence-electron chi connectivity index (χ4n) is 3.59. The van der Waals surface area contributed by atoms with Crippen LogP contribution >= 0.6 is 0 Å². The van der Waals surface area contributed by atoms with Crippen LogP contribution < -0.4 is 5.32 Å². The van der Waals surface area contributed by atoms with Crippen molar-refractivity contribution in [3.05, 3.63) is 0 Å². The molecule has 1 unspecified atom stereocenters. The van der Waals surface area contributed by atoms with Gasteiger partial charge in [0.25, 0.3) is 0 Å². The molecule has 2 fully saturated rings. The molecular formula is C18H32N4O4. The summed E-state index contributed by atoms with van der Waals surface area (Å²) in [4.78, 5) is 41.8. The summed E-state index contributed by atoms with van der Waals surface area (Å²) in [5.41, 5.74) is -0.478. The second kappa shape index (κ2) is 8.70. The first-order valence-corrected chi connectivity index (χ1v) is 9.45. The molecule has 0 radical (unpaired) electrons. The molecule has 2 heterocycles. The number of carbonyl (C=O) groups is 3. The average Bonchev–Trinajstić information content (AvgIpc) is 2.87. The summed E-state index contributed by atoms with van der Waals surface area (Å²) in [6.07, 6.45) is 2.48. The Morgan fingerprint density at radius 2 is 1.96 bits per heavy atom. The van der Waals surface area contributed by atoms with E-state index in [1.807, 2.05) is 25.9 Å². The third-order valence-corrected chi connectivity index (χ3v) is 5.10. The summed E-state index contributed by atoms with van der Waals surface area (Å²) >= 11 is 0. The van der Waals surface area contributed by atoms with Gasteiger partial charge >= 0.3 is 6.09 Å². The Kier molecular flexibility index (Phi) is 6.86. The van der Waals surface area contributed by atoms with Gasteiger partial charge in [-0.25, -0.2) is 4.79 Å². The summed E-state index contributed by atoms with van der Waals surface area (Å²) in [5.74, 6) is -0.225.